The van der Waals surface area contributed by atoms with Crippen LogP contribution in [-0.4, -0.2) is 15.2 Å². The number of nitriles is 2. The third-order valence-electron chi connectivity index (χ3n) is 9.41. The molecule has 0 spiro atoms. The second-order valence-electron chi connectivity index (χ2n) is 11.8. The molecule has 1 aliphatic carbocycles. The number of rotatable bonds is 2. The highest BCUT2D eigenvalue weighted by molar-refractivity contribution is 6.11. The van der Waals surface area contributed by atoms with Gasteiger partial charge in [0, 0.05) is 27.1 Å². The van der Waals surface area contributed by atoms with Crippen molar-refractivity contribution >= 4 is 49.3 Å². The molecule has 7 aromatic rings. The van der Waals surface area contributed by atoms with Crippen molar-refractivity contribution in [3.05, 3.63) is 138 Å². The molecule has 1 aliphatic heterocycles. The van der Waals surface area contributed by atoms with E-state index in [0.29, 0.717) is 11.1 Å². The number of benzene rings is 5. The van der Waals surface area contributed by atoms with Crippen LogP contribution in [0.5, 0.6) is 5.75 Å². The third-order valence-corrected chi connectivity index (χ3v) is 9.41. The van der Waals surface area contributed by atoms with Crippen LogP contribution in [0.3, 0.4) is 0 Å². The lowest BCUT2D eigenvalue weighted by molar-refractivity contribution is 0.232. The maximum Gasteiger partial charge on any atom is 0.152 e. The highest BCUT2D eigenvalue weighted by Gasteiger charge is 2.49. The number of ether oxygens (including phenoxy) is 1. The number of hydrogen-bond acceptors (Lipinski definition) is 3. The van der Waals surface area contributed by atoms with Crippen LogP contribution in [0.25, 0.3) is 55.0 Å². The fourth-order valence-electron chi connectivity index (χ4n) is 7.51. The van der Waals surface area contributed by atoms with Crippen LogP contribution in [0.1, 0.15) is 23.6 Å². The molecule has 5 nitrogen and oxygen atoms in total. The first-order valence-electron chi connectivity index (χ1n) is 14.7. The van der Waals surface area contributed by atoms with Crippen LogP contribution in [0.4, 0.5) is 0 Å². The standard InChI is InChI=1S/C39H24N4O/c1-39-19-7-13-35(43-32-17-15-24(22-40)20-28(32)29-21-25(23-41)16-18-33(29)43)38(39)44-36-14-6-12-34(37(36)39)42-30-10-4-2-8-26(30)27-9-3-5-11-31(27)42/h2-21,38H,1H3. The Kier molecular flexibility index (Phi) is 4.87. The molecule has 2 aromatic heterocycles. The van der Waals surface area contributed by atoms with Gasteiger partial charge in [-0.2, -0.15) is 10.5 Å². The number of allylic oxidation sites excluding steroid dienone is 2. The van der Waals surface area contributed by atoms with Gasteiger partial charge in [0.2, 0.25) is 0 Å². The second kappa shape index (κ2) is 8.74. The van der Waals surface area contributed by atoms with Crippen molar-refractivity contribution in [3.63, 3.8) is 0 Å². The predicted octanol–water partition coefficient (Wildman–Crippen LogP) is 8.76. The molecule has 44 heavy (non-hydrogen) atoms. The fraction of sp³-hybridized carbons (Fsp3) is 0.0769. The number of para-hydroxylation sites is 2. The normalized spacial score (nSPS) is 18.6. The van der Waals surface area contributed by atoms with E-state index in [0.717, 1.165) is 55.5 Å². The predicted molar refractivity (Wildman–Crippen MR) is 175 cm³/mol. The largest absolute Gasteiger partial charge is 0.483 e. The summed E-state index contributed by atoms with van der Waals surface area (Å²) >= 11 is 0. The van der Waals surface area contributed by atoms with Crippen molar-refractivity contribution in [2.24, 2.45) is 0 Å². The van der Waals surface area contributed by atoms with E-state index in [-0.39, 0.29) is 6.10 Å². The lowest BCUT2D eigenvalue weighted by Crippen LogP contribution is -2.38. The van der Waals surface area contributed by atoms with Crippen molar-refractivity contribution in [1.82, 2.24) is 9.13 Å². The summed E-state index contributed by atoms with van der Waals surface area (Å²) in [6, 6.07) is 39.6. The Bertz CT molecular complexity index is 2410. The summed E-state index contributed by atoms with van der Waals surface area (Å²) in [7, 11) is 0. The Labute approximate surface area is 253 Å². The summed E-state index contributed by atoms with van der Waals surface area (Å²) in [6.07, 6.45) is 6.23. The first kappa shape index (κ1) is 24.5. The van der Waals surface area contributed by atoms with Gasteiger partial charge in [0.05, 0.1) is 62.1 Å². The van der Waals surface area contributed by atoms with Gasteiger partial charge in [-0.15, -0.1) is 0 Å². The van der Waals surface area contributed by atoms with E-state index in [9.17, 15) is 10.5 Å². The van der Waals surface area contributed by atoms with Crippen molar-refractivity contribution in [3.8, 4) is 23.6 Å². The molecule has 5 heteroatoms. The summed E-state index contributed by atoms with van der Waals surface area (Å²) in [5.41, 5.74) is 8.23. The van der Waals surface area contributed by atoms with Crippen molar-refractivity contribution in [1.29, 1.82) is 10.5 Å². The van der Waals surface area contributed by atoms with E-state index in [4.69, 9.17) is 4.74 Å². The quantitative estimate of drug-likeness (QED) is 0.211. The molecule has 206 valence electrons. The molecule has 0 N–H and O–H groups in total. The SMILES string of the molecule is CC12C=CC=C(n3c4ccc(C#N)cc4c4cc(C#N)ccc43)C1Oc1cccc(-n3c4ccccc4c4ccccc43)c12. The number of fused-ring (bicyclic) bond motifs is 9. The number of aromatic nitrogens is 2. The molecule has 9 rings (SSSR count). The van der Waals surface area contributed by atoms with Gasteiger partial charge in [-0.3, -0.25) is 0 Å². The monoisotopic (exact) mass is 564 g/mol. The molecular weight excluding hydrogens is 540 g/mol. The summed E-state index contributed by atoms with van der Waals surface area (Å²) in [4.78, 5) is 0. The van der Waals surface area contributed by atoms with E-state index in [1.54, 1.807) is 0 Å². The third kappa shape index (κ3) is 3.11. The van der Waals surface area contributed by atoms with Crippen LogP contribution in [0.15, 0.2) is 121 Å². The number of nitrogens with zero attached hydrogens (tertiary/aromatic N) is 4. The Balaban J connectivity index is 1.28. The molecule has 0 radical (unpaired) electrons. The van der Waals surface area contributed by atoms with Gasteiger partial charge in [0.1, 0.15) is 5.75 Å². The topological polar surface area (TPSA) is 66.7 Å². The average molecular weight is 565 g/mol. The highest BCUT2D eigenvalue weighted by Crippen LogP contribution is 2.53. The van der Waals surface area contributed by atoms with Gasteiger partial charge in [0.25, 0.3) is 0 Å². The number of hydrogen-bond donors (Lipinski definition) is 0. The van der Waals surface area contributed by atoms with Gasteiger partial charge < -0.3 is 13.9 Å². The molecule has 0 saturated heterocycles. The average Bonchev–Trinajstić information content (AvgIpc) is 3.69. The summed E-state index contributed by atoms with van der Waals surface area (Å²) < 4.78 is 11.6. The molecule has 2 unspecified atom stereocenters. The minimum atomic E-state index is -0.468. The van der Waals surface area contributed by atoms with Crippen molar-refractivity contribution in [2.45, 2.75) is 18.4 Å². The van der Waals surface area contributed by atoms with Gasteiger partial charge in [0.15, 0.2) is 6.10 Å². The molecule has 0 saturated carbocycles. The van der Waals surface area contributed by atoms with Gasteiger partial charge in [-0.05, 0) is 73.7 Å². The molecule has 0 bridgehead atoms. The molecule has 2 aliphatic rings. The second-order valence-corrected chi connectivity index (χ2v) is 11.8. The van der Waals surface area contributed by atoms with Crippen LogP contribution in [0, 0.1) is 22.7 Å². The van der Waals surface area contributed by atoms with Gasteiger partial charge in [-0.1, -0.05) is 54.6 Å². The molecule has 0 fully saturated rings. The van der Waals surface area contributed by atoms with Crippen molar-refractivity contribution < 1.29 is 4.74 Å². The zero-order valence-corrected chi connectivity index (χ0v) is 23.8. The molecule has 0 amide bonds. The summed E-state index contributed by atoms with van der Waals surface area (Å²) in [5.74, 6) is 0.869. The molecule has 5 aromatic carbocycles. The van der Waals surface area contributed by atoms with E-state index in [1.165, 1.54) is 10.8 Å². The van der Waals surface area contributed by atoms with E-state index >= 15 is 0 Å². The van der Waals surface area contributed by atoms with Gasteiger partial charge in [-0.25, -0.2) is 0 Å². The van der Waals surface area contributed by atoms with Crippen molar-refractivity contribution in [2.75, 3.05) is 0 Å². The Hall–Kier alpha value is -6.04. The van der Waals surface area contributed by atoms with Gasteiger partial charge >= 0.3 is 0 Å². The maximum atomic E-state index is 9.67. The lowest BCUT2D eigenvalue weighted by atomic mass is 9.74. The Morgan fingerprint density at radius 2 is 1.25 bits per heavy atom. The van der Waals surface area contributed by atoms with Crippen LogP contribution in [0.2, 0.25) is 0 Å². The minimum absolute atomic E-state index is 0.304. The minimum Gasteiger partial charge on any atom is -0.483 e. The highest BCUT2D eigenvalue weighted by atomic mass is 16.5. The lowest BCUT2D eigenvalue weighted by Gasteiger charge is -2.33. The molecular formula is C39H24N4O. The Morgan fingerprint density at radius 1 is 0.659 bits per heavy atom. The summed E-state index contributed by atoms with van der Waals surface area (Å²) in [6.45, 7) is 2.26. The van der Waals surface area contributed by atoms with Crippen LogP contribution in [-0.2, 0) is 5.41 Å². The fourth-order valence-corrected chi connectivity index (χ4v) is 7.51. The van der Waals surface area contributed by atoms with Crippen LogP contribution < -0.4 is 4.74 Å². The zero-order valence-electron chi connectivity index (χ0n) is 23.8. The first-order chi connectivity index (χ1) is 21.6. The molecule has 2 atom stereocenters. The van der Waals surface area contributed by atoms with E-state index < -0.39 is 5.41 Å². The zero-order chi connectivity index (χ0) is 29.6. The first-order valence-corrected chi connectivity index (χ1v) is 14.7. The summed E-state index contributed by atoms with van der Waals surface area (Å²) in [5, 5.41) is 23.7. The van der Waals surface area contributed by atoms with Crippen LogP contribution >= 0.6 is 0 Å². The van der Waals surface area contributed by atoms with E-state index in [2.05, 4.69) is 113 Å². The Morgan fingerprint density at radius 3 is 1.86 bits per heavy atom. The molecule has 3 heterocycles. The maximum absolute atomic E-state index is 9.67. The van der Waals surface area contributed by atoms with E-state index in [1.807, 2.05) is 36.4 Å². The smallest absolute Gasteiger partial charge is 0.152 e.